The zero-order valence-electron chi connectivity index (χ0n) is 21.0. The Morgan fingerprint density at radius 3 is 2.42 bits per heavy atom. The number of aromatic nitrogens is 1. The number of carbonyl (C=O) groups is 3. The van der Waals surface area contributed by atoms with Crippen LogP contribution < -0.4 is 4.90 Å². The lowest BCUT2D eigenvalue weighted by atomic mass is 9.99. The molecule has 5 rings (SSSR count). The highest BCUT2D eigenvalue weighted by molar-refractivity contribution is 6.23. The SMILES string of the molecule is CC(C)(C)N(C(=O)c1cccc([N+](=O)[O-])c1)C1CC(=O)N(c2ccc(-c3nc4ccccc4o3)cc2)C1=O. The molecule has 0 radical (unpaired) electrons. The topological polar surface area (TPSA) is 127 Å². The lowest BCUT2D eigenvalue weighted by molar-refractivity contribution is -0.384. The molecule has 0 spiro atoms. The van der Waals surface area contributed by atoms with E-state index in [1.54, 1.807) is 45.0 Å². The van der Waals surface area contributed by atoms with Crippen molar-refractivity contribution >= 4 is 40.2 Å². The van der Waals surface area contributed by atoms with Crippen molar-refractivity contribution in [3.8, 4) is 11.5 Å². The van der Waals surface area contributed by atoms with Gasteiger partial charge in [-0.25, -0.2) is 9.88 Å². The first-order valence-electron chi connectivity index (χ1n) is 12.0. The summed E-state index contributed by atoms with van der Waals surface area (Å²) in [6.07, 6.45) is -0.205. The Hall–Kier alpha value is -4.86. The van der Waals surface area contributed by atoms with E-state index in [2.05, 4.69) is 4.98 Å². The summed E-state index contributed by atoms with van der Waals surface area (Å²) in [6, 6.07) is 18.3. The van der Waals surface area contributed by atoms with Crippen molar-refractivity contribution in [2.45, 2.75) is 38.8 Å². The van der Waals surface area contributed by atoms with Crippen LogP contribution in [0.4, 0.5) is 11.4 Å². The van der Waals surface area contributed by atoms with Crippen LogP contribution in [-0.4, -0.2) is 44.1 Å². The number of para-hydroxylation sites is 2. The van der Waals surface area contributed by atoms with E-state index in [9.17, 15) is 24.5 Å². The van der Waals surface area contributed by atoms with E-state index in [1.807, 2.05) is 24.3 Å². The van der Waals surface area contributed by atoms with Crippen LogP contribution in [0.15, 0.2) is 77.2 Å². The molecule has 3 aromatic carbocycles. The number of hydrogen-bond donors (Lipinski definition) is 0. The molecule has 0 N–H and O–H groups in total. The summed E-state index contributed by atoms with van der Waals surface area (Å²) in [6.45, 7) is 5.24. The van der Waals surface area contributed by atoms with Gasteiger partial charge in [0.2, 0.25) is 11.8 Å². The van der Waals surface area contributed by atoms with Gasteiger partial charge >= 0.3 is 0 Å². The van der Waals surface area contributed by atoms with Crippen LogP contribution in [-0.2, 0) is 9.59 Å². The Morgan fingerprint density at radius 1 is 1.05 bits per heavy atom. The average Bonchev–Trinajstić information content (AvgIpc) is 3.44. The molecule has 0 aliphatic carbocycles. The van der Waals surface area contributed by atoms with Gasteiger partial charge in [0.05, 0.1) is 17.0 Å². The summed E-state index contributed by atoms with van der Waals surface area (Å²) < 4.78 is 5.79. The molecule has 1 aliphatic rings. The summed E-state index contributed by atoms with van der Waals surface area (Å²) in [4.78, 5) is 57.6. The molecule has 1 saturated heterocycles. The Labute approximate surface area is 217 Å². The Balaban J connectivity index is 1.43. The van der Waals surface area contributed by atoms with Gasteiger partial charge in [-0.2, -0.15) is 0 Å². The normalized spacial score (nSPS) is 15.8. The predicted octanol–water partition coefficient (Wildman–Crippen LogP) is 4.98. The monoisotopic (exact) mass is 512 g/mol. The Bertz CT molecular complexity index is 1550. The summed E-state index contributed by atoms with van der Waals surface area (Å²) in [5, 5.41) is 11.2. The van der Waals surface area contributed by atoms with E-state index in [4.69, 9.17) is 4.42 Å². The van der Waals surface area contributed by atoms with Crippen LogP contribution >= 0.6 is 0 Å². The van der Waals surface area contributed by atoms with E-state index >= 15 is 0 Å². The van der Waals surface area contributed by atoms with Crippen LogP contribution in [0, 0.1) is 10.1 Å². The number of carbonyl (C=O) groups excluding carboxylic acids is 3. The number of oxazole rings is 1. The van der Waals surface area contributed by atoms with Crippen LogP contribution in [0.5, 0.6) is 0 Å². The second kappa shape index (κ2) is 9.22. The van der Waals surface area contributed by atoms with Gasteiger partial charge in [-0.3, -0.25) is 24.5 Å². The molecule has 38 heavy (non-hydrogen) atoms. The first kappa shape index (κ1) is 24.8. The highest BCUT2D eigenvalue weighted by atomic mass is 16.6. The van der Waals surface area contributed by atoms with E-state index < -0.39 is 34.2 Å². The zero-order chi connectivity index (χ0) is 27.2. The Kier molecular flexibility index (Phi) is 6.02. The second-order valence-corrected chi connectivity index (χ2v) is 9.97. The van der Waals surface area contributed by atoms with Crippen molar-refractivity contribution in [3.63, 3.8) is 0 Å². The van der Waals surface area contributed by atoms with Gasteiger partial charge in [0, 0.05) is 28.8 Å². The molecule has 1 fully saturated rings. The third-order valence-corrected chi connectivity index (χ3v) is 6.35. The molecule has 10 heteroatoms. The third kappa shape index (κ3) is 4.40. The fraction of sp³-hybridized carbons (Fsp3) is 0.214. The molecule has 10 nitrogen and oxygen atoms in total. The number of non-ortho nitro benzene ring substituents is 1. The summed E-state index contributed by atoms with van der Waals surface area (Å²) in [5.41, 5.74) is 1.38. The fourth-order valence-electron chi connectivity index (χ4n) is 4.64. The van der Waals surface area contributed by atoms with E-state index in [0.717, 1.165) is 10.4 Å². The number of benzene rings is 3. The molecule has 192 valence electrons. The minimum Gasteiger partial charge on any atom is -0.436 e. The predicted molar refractivity (Wildman–Crippen MR) is 139 cm³/mol. The van der Waals surface area contributed by atoms with E-state index in [-0.39, 0.29) is 17.7 Å². The Morgan fingerprint density at radius 2 is 1.76 bits per heavy atom. The molecule has 1 unspecified atom stereocenters. The average molecular weight is 513 g/mol. The highest BCUT2D eigenvalue weighted by Gasteiger charge is 2.47. The van der Waals surface area contributed by atoms with Crippen molar-refractivity contribution in [2.24, 2.45) is 0 Å². The maximum absolute atomic E-state index is 13.6. The molecule has 2 heterocycles. The van der Waals surface area contributed by atoms with Crippen molar-refractivity contribution in [1.82, 2.24) is 9.88 Å². The second-order valence-electron chi connectivity index (χ2n) is 9.97. The van der Waals surface area contributed by atoms with E-state index in [1.165, 1.54) is 29.2 Å². The largest absolute Gasteiger partial charge is 0.436 e. The van der Waals surface area contributed by atoms with Crippen LogP contribution in [0.2, 0.25) is 0 Å². The van der Waals surface area contributed by atoms with Gasteiger partial charge < -0.3 is 9.32 Å². The number of hydrogen-bond acceptors (Lipinski definition) is 7. The summed E-state index contributed by atoms with van der Waals surface area (Å²) >= 11 is 0. The molecule has 1 atom stereocenters. The minimum atomic E-state index is -1.06. The zero-order valence-corrected chi connectivity index (χ0v) is 21.0. The number of rotatable bonds is 5. The van der Waals surface area contributed by atoms with Gasteiger partial charge in [0.15, 0.2) is 5.58 Å². The van der Waals surface area contributed by atoms with Crippen LogP contribution in [0.3, 0.4) is 0 Å². The third-order valence-electron chi connectivity index (χ3n) is 6.35. The standard InChI is InChI=1S/C28H24N4O6/c1-28(2,3)31(26(34)18-7-6-8-20(15-18)32(36)37)22-16-24(33)30(27(22)35)19-13-11-17(12-14-19)25-29-21-9-4-5-10-23(21)38-25/h4-15,22H,16H2,1-3H3. The maximum atomic E-state index is 13.6. The molecule has 4 aromatic rings. The molecule has 3 amide bonds. The van der Waals surface area contributed by atoms with E-state index in [0.29, 0.717) is 22.7 Å². The highest BCUT2D eigenvalue weighted by Crippen LogP contribution is 2.33. The lowest BCUT2D eigenvalue weighted by Crippen LogP contribution is -2.54. The van der Waals surface area contributed by atoms with Crippen molar-refractivity contribution in [3.05, 3.63) is 88.5 Å². The number of nitrogens with zero attached hydrogens (tertiary/aromatic N) is 4. The van der Waals surface area contributed by atoms with Gasteiger partial charge in [-0.1, -0.05) is 18.2 Å². The maximum Gasteiger partial charge on any atom is 0.270 e. The van der Waals surface area contributed by atoms with Crippen LogP contribution in [0.1, 0.15) is 37.6 Å². The number of nitro groups is 1. The number of fused-ring (bicyclic) bond motifs is 1. The number of imide groups is 1. The van der Waals surface area contributed by atoms with Crippen LogP contribution in [0.25, 0.3) is 22.6 Å². The smallest absolute Gasteiger partial charge is 0.270 e. The number of nitro benzene ring substituents is 1. The summed E-state index contributed by atoms with van der Waals surface area (Å²) in [5.74, 6) is -1.15. The van der Waals surface area contributed by atoms with Crippen molar-refractivity contribution in [1.29, 1.82) is 0 Å². The molecular formula is C28H24N4O6. The molecule has 1 aromatic heterocycles. The van der Waals surface area contributed by atoms with Crippen molar-refractivity contribution in [2.75, 3.05) is 4.90 Å². The number of anilines is 1. The quantitative estimate of drug-likeness (QED) is 0.210. The first-order valence-corrected chi connectivity index (χ1v) is 12.0. The first-order chi connectivity index (χ1) is 18.0. The van der Waals surface area contributed by atoms with Crippen molar-refractivity contribution < 1.29 is 23.7 Å². The van der Waals surface area contributed by atoms with Gasteiger partial charge in [-0.05, 0) is 63.2 Å². The van der Waals surface area contributed by atoms with Gasteiger partial charge in [0.1, 0.15) is 11.6 Å². The molecular weight excluding hydrogens is 488 g/mol. The lowest BCUT2D eigenvalue weighted by Gasteiger charge is -2.39. The summed E-state index contributed by atoms with van der Waals surface area (Å²) in [7, 11) is 0. The molecule has 0 bridgehead atoms. The molecule has 1 aliphatic heterocycles. The molecule has 0 saturated carbocycles. The minimum absolute atomic E-state index is 0.0653. The van der Waals surface area contributed by atoms with Gasteiger partial charge in [-0.15, -0.1) is 0 Å². The van der Waals surface area contributed by atoms with Gasteiger partial charge in [0.25, 0.3) is 17.5 Å². The number of amides is 3. The fourth-order valence-corrected chi connectivity index (χ4v) is 4.64.